The van der Waals surface area contributed by atoms with Gasteiger partial charge in [0.1, 0.15) is 11.9 Å². The first-order valence-electron chi connectivity index (χ1n) is 10.1. The number of unbranched alkanes of at least 4 members (excludes halogenated alkanes) is 5. The van der Waals surface area contributed by atoms with E-state index in [1.54, 1.807) is 0 Å². The summed E-state index contributed by atoms with van der Waals surface area (Å²) in [6, 6.07) is 7.90. The Morgan fingerprint density at radius 1 is 1.00 bits per heavy atom. The van der Waals surface area contributed by atoms with E-state index in [0.29, 0.717) is 0 Å². The summed E-state index contributed by atoms with van der Waals surface area (Å²) in [5, 5.41) is 3.52. The van der Waals surface area contributed by atoms with Gasteiger partial charge in [0, 0.05) is 13.0 Å². The highest BCUT2D eigenvalue weighted by Crippen LogP contribution is 2.24. The third-order valence-electron chi connectivity index (χ3n) is 4.32. The van der Waals surface area contributed by atoms with E-state index in [4.69, 9.17) is 9.47 Å². The van der Waals surface area contributed by atoms with E-state index in [9.17, 15) is 4.79 Å². The van der Waals surface area contributed by atoms with Crippen LogP contribution in [0.3, 0.4) is 0 Å². The SMILES string of the molecule is CCCCCCCCNC(C)C(OC(C)=O)c1ccc(OC(C)C)cc1. The van der Waals surface area contributed by atoms with Gasteiger partial charge in [-0.25, -0.2) is 0 Å². The van der Waals surface area contributed by atoms with Crippen molar-refractivity contribution in [3.63, 3.8) is 0 Å². The smallest absolute Gasteiger partial charge is 0.303 e. The van der Waals surface area contributed by atoms with Crippen molar-refractivity contribution in [3.05, 3.63) is 29.8 Å². The third-order valence-corrected chi connectivity index (χ3v) is 4.32. The number of benzene rings is 1. The van der Waals surface area contributed by atoms with Gasteiger partial charge in [-0.15, -0.1) is 0 Å². The predicted octanol–water partition coefficient (Wildman–Crippen LogP) is 5.42. The number of hydrogen-bond acceptors (Lipinski definition) is 4. The summed E-state index contributed by atoms with van der Waals surface area (Å²) < 4.78 is 11.3. The van der Waals surface area contributed by atoms with Gasteiger partial charge in [0.05, 0.1) is 6.10 Å². The quantitative estimate of drug-likeness (QED) is 0.376. The summed E-state index contributed by atoms with van der Waals surface area (Å²) in [6.07, 6.45) is 7.49. The molecule has 1 rings (SSSR count). The maximum atomic E-state index is 11.5. The first kappa shape index (κ1) is 22.5. The van der Waals surface area contributed by atoms with Crippen molar-refractivity contribution in [1.29, 1.82) is 0 Å². The Bertz CT molecular complexity index is 499. The standard InChI is InChI=1S/C22H37NO3/c1-6-7-8-9-10-11-16-23-18(4)22(26-19(5)24)20-12-14-21(15-13-20)25-17(2)3/h12-15,17-18,22-23H,6-11,16H2,1-5H3. The second-order valence-electron chi connectivity index (χ2n) is 7.28. The maximum Gasteiger partial charge on any atom is 0.303 e. The van der Waals surface area contributed by atoms with E-state index < -0.39 is 0 Å². The lowest BCUT2D eigenvalue weighted by Crippen LogP contribution is -2.35. The molecule has 0 saturated carbocycles. The number of esters is 1. The molecule has 0 aliphatic carbocycles. The molecule has 0 fully saturated rings. The highest BCUT2D eigenvalue weighted by molar-refractivity contribution is 5.66. The summed E-state index contributed by atoms with van der Waals surface area (Å²) in [5.74, 6) is 0.573. The Hall–Kier alpha value is -1.55. The summed E-state index contributed by atoms with van der Waals surface area (Å²) in [5.41, 5.74) is 0.985. The second kappa shape index (κ2) is 12.7. The van der Waals surface area contributed by atoms with E-state index in [1.165, 1.54) is 39.0 Å². The van der Waals surface area contributed by atoms with Crippen LogP contribution < -0.4 is 10.1 Å². The third kappa shape index (κ3) is 9.23. The molecule has 0 bridgehead atoms. The van der Waals surface area contributed by atoms with Crippen LogP contribution in [0.4, 0.5) is 0 Å². The summed E-state index contributed by atoms with van der Waals surface area (Å²) in [4.78, 5) is 11.5. The summed E-state index contributed by atoms with van der Waals surface area (Å²) >= 11 is 0. The van der Waals surface area contributed by atoms with Crippen molar-refractivity contribution in [2.45, 2.75) is 91.4 Å². The number of carbonyl (C=O) groups is 1. The van der Waals surface area contributed by atoms with Gasteiger partial charge >= 0.3 is 5.97 Å². The van der Waals surface area contributed by atoms with Crippen LogP contribution in [0.15, 0.2) is 24.3 Å². The van der Waals surface area contributed by atoms with Crippen LogP contribution in [0, 0.1) is 0 Å². The Morgan fingerprint density at radius 2 is 1.62 bits per heavy atom. The van der Waals surface area contributed by atoms with E-state index in [2.05, 4.69) is 19.2 Å². The number of nitrogens with one attached hydrogen (secondary N) is 1. The number of rotatable bonds is 13. The molecule has 0 amide bonds. The van der Waals surface area contributed by atoms with Crippen molar-refractivity contribution in [2.75, 3.05) is 6.54 Å². The Labute approximate surface area is 159 Å². The highest BCUT2D eigenvalue weighted by Gasteiger charge is 2.22. The van der Waals surface area contributed by atoms with Crippen molar-refractivity contribution in [1.82, 2.24) is 5.32 Å². The highest BCUT2D eigenvalue weighted by atomic mass is 16.5. The fourth-order valence-corrected chi connectivity index (χ4v) is 2.99. The first-order valence-corrected chi connectivity index (χ1v) is 10.1. The van der Waals surface area contributed by atoms with Gasteiger partial charge in [-0.3, -0.25) is 4.79 Å². The lowest BCUT2D eigenvalue weighted by molar-refractivity contribution is -0.148. The summed E-state index contributed by atoms with van der Waals surface area (Å²) in [6.45, 7) is 10.7. The van der Waals surface area contributed by atoms with Gasteiger partial charge in [-0.1, -0.05) is 51.2 Å². The van der Waals surface area contributed by atoms with Crippen LogP contribution >= 0.6 is 0 Å². The molecule has 0 heterocycles. The molecule has 0 saturated heterocycles. The molecule has 4 nitrogen and oxygen atoms in total. The van der Waals surface area contributed by atoms with Gasteiger partial charge < -0.3 is 14.8 Å². The van der Waals surface area contributed by atoms with E-state index in [0.717, 1.165) is 24.3 Å². The molecule has 1 aromatic carbocycles. The van der Waals surface area contributed by atoms with Gasteiger partial charge in [-0.2, -0.15) is 0 Å². The van der Waals surface area contributed by atoms with Gasteiger partial charge in [-0.05, 0) is 51.4 Å². The lowest BCUT2D eigenvalue weighted by atomic mass is 10.0. The zero-order valence-electron chi connectivity index (χ0n) is 17.2. The first-order chi connectivity index (χ1) is 12.4. The number of hydrogen-bond donors (Lipinski definition) is 1. The number of carbonyl (C=O) groups excluding carboxylic acids is 1. The molecule has 0 aromatic heterocycles. The average molecular weight is 364 g/mol. The molecule has 1 aromatic rings. The van der Waals surface area contributed by atoms with Gasteiger partial charge in [0.2, 0.25) is 0 Å². The second-order valence-corrected chi connectivity index (χ2v) is 7.28. The van der Waals surface area contributed by atoms with Crippen LogP contribution in [-0.2, 0) is 9.53 Å². The molecule has 0 aliphatic rings. The van der Waals surface area contributed by atoms with Crippen LogP contribution in [0.2, 0.25) is 0 Å². The normalized spacial score (nSPS) is 13.5. The molecule has 2 atom stereocenters. The molecule has 1 N–H and O–H groups in total. The minimum Gasteiger partial charge on any atom is -0.491 e. The van der Waals surface area contributed by atoms with Crippen molar-refractivity contribution < 1.29 is 14.3 Å². The molecule has 148 valence electrons. The van der Waals surface area contributed by atoms with E-state index in [-0.39, 0.29) is 24.2 Å². The molecule has 2 unspecified atom stereocenters. The Kier molecular flexibility index (Phi) is 11.0. The Balaban J connectivity index is 2.55. The Morgan fingerprint density at radius 3 is 2.19 bits per heavy atom. The molecule has 26 heavy (non-hydrogen) atoms. The van der Waals surface area contributed by atoms with Crippen molar-refractivity contribution in [2.24, 2.45) is 0 Å². The van der Waals surface area contributed by atoms with Crippen LogP contribution in [0.5, 0.6) is 5.75 Å². The predicted molar refractivity (Wildman–Crippen MR) is 108 cm³/mol. The molecular formula is C22H37NO3. The van der Waals surface area contributed by atoms with E-state index >= 15 is 0 Å². The van der Waals surface area contributed by atoms with Crippen molar-refractivity contribution >= 4 is 5.97 Å². The molecule has 0 aliphatic heterocycles. The zero-order chi connectivity index (χ0) is 19.4. The fourth-order valence-electron chi connectivity index (χ4n) is 2.99. The molecule has 0 radical (unpaired) electrons. The topological polar surface area (TPSA) is 47.6 Å². The minimum atomic E-state index is -0.291. The summed E-state index contributed by atoms with van der Waals surface area (Å²) in [7, 11) is 0. The number of ether oxygens (including phenoxy) is 2. The lowest BCUT2D eigenvalue weighted by Gasteiger charge is -2.25. The van der Waals surface area contributed by atoms with Crippen LogP contribution in [0.1, 0.15) is 84.8 Å². The zero-order valence-corrected chi connectivity index (χ0v) is 17.2. The van der Waals surface area contributed by atoms with Gasteiger partial charge in [0.25, 0.3) is 0 Å². The van der Waals surface area contributed by atoms with Crippen LogP contribution in [0.25, 0.3) is 0 Å². The average Bonchev–Trinajstić information content (AvgIpc) is 2.59. The maximum absolute atomic E-state index is 11.5. The largest absolute Gasteiger partial charge is 0.491 e. The van der Waals surface area contributed by atoms with E-state index in [1.807, 2.05) is 38.1 Å². The minimum absolute atomic E-state index is 0.0615. The van der Waals surface area contributed by atoms with Crippen LogP contribution in [-0.4, -0.2) is 24.7 Å². The molecule has 4 heteroatoms. The van der Waals surface area contributed by atoms with Crippen molar-refractivity contribution in [3.8, 4) is 5.75 Å². The van der Waals surface area contributed by atoms with Gasteiger partial charge in [0.15, 0.2) is 0 Å². The fraction of sp³-hybridized carbons (Fsp3) is 0.682. The molecular weight excluding hydrogens is 326 g/mol. The molecule has 0 spiro atoms. The monoisotopic (exact) mass is 363 g/mol.